The van der Waals surface area contributed by atoms with Gasteiger partial charge in [-0.1, -0.05) is 19.9 Å². The van der Waals surface area contributed by atoms with E-state index in [1.807, 2.05) is 18.4 Å². The minimum atomic E-state index is 0.514. The molecule has 1 N–H and O–H groups in total. The molecule has 16 heavy (non-hydrogen) atoms. The van der Waals surface area contributed by atoms with Crippen LogP contribution in [0.3, 0.4) is 0 Å². The van der Waals surface area contributed by atoms with Crippen LogP contribution >= 0.6 is 11.3 Å². The number of aromatic nitrogens is 1. The predicted octanol–water partition coefficient (Wildman–Crippen LogP) is 3.45. The van der Waals surface area contributed by atoms with Gasteiger partial charge in [-0.25, -0.2) is 4.98 Å². The minimum Gasteiger partial charge on any atom is -0.316 e. The summed E-state index contributed by atoms with van der Waals surface area (Å²) in [5, 5.41) is 4.44. The van der Waals surface area contributed by atoms with E-state index in [2.05, 4.69) is 38.2 Å². The van der Waals surface area contributed by atoms with Gasteiger partial charge in [0.25, 0.3) is 0 Å². The summed E-state index contributed by atoms with van der Waals surface area (Å²) in [6, 6.07) is 4.46. The Morgan fingerprint density at radius 3 is 2.75 bits per heavy atom. The van der Waals surface area contributed by atoms with Crippen LogP contribution in [-0.4, -0.2) is 12.0 Å². The highest BCUT2D eigenvalue weighted by atomic mass is 32.1. The Morgan fingerprint density at radius 1 is 1.38 bits per heavy atom. The zero-order chi connectivity index (χ0) is 11.7. The highest BCUT2D eigenvalue weighted by Gasteiger charge is 2.10. The van der Waals surface area contributed by atoms with E-state index in [4.69, 9.17) is 4.98 Å². The van der Waals surface area contributed by atoms with E-state index in [0.717, 1.165) is 6.54 Å². The van der Waals surface area contributed by atoms with Crippen LogP contribution in [0.2, 0.25) is 0 Å². The Hall–Kier alpha value is -0.930. The first kappa shape index (κ1) is 11.6. The molecule has 0 bridgehead atoms. The van der Waals surface area contributed by atoms with Gasteiger partial charge in [-0.3, -0.25) is 0 Å². The zero-order valence-electron chi connectivity index (χ0n) is 10.3. The number of benzene rings is 1. The van der Waals surface area contributed by atoms with Gasteiger partial charge in [0.15, 0.2) is 0 Å². The first-order valence-corrected chi connectivity index (χ1v) is 6.48. The maximum atomic E-state index is 4.75. The summed E-state index contributed by atoms with van der Waals surface area (Å²) in [5.41, 5.74) is 3.80. The van der Waals surface area contributed by atoms with Gasteiger partial charge in [-0.2, -0.15) is 0 Å². The summed E-state index contributed by atoms with van der Waals surface area (Å²) in [5.74, 6) is 0.514. The summed E-state index contributed by atoms with van der Waals surface area (Å²) < 4.78 is 1.31. The van der Waals surface area contributed by atoms with Crippen molar-refractivity contribution >= 4 is 21.6 Å². The number of thiazole rings is 1. The summed E-state index contributed by atoms with van der Waals surface area (Å²) >= 11 is 1.82. The van der Waals surface area contributed by atoms with Crippen molar-refractivity contribution in [2.75, 3.05) is 7.05 Å². The van der Waals surface area contributed by atoms with E-state index < -0.39 is 0 Å². The molecule has 0 saturated carbocycles. The lowest BCUT2D eigenvalue weighted by Gasteiger charge is -2.02. The molecule has 0 radical (unpaired) electrons. The molecular formula is C13H18N2S. The molecule has 0 aliphatic carbocycles. The van der Waals surface area contributed by atoms with Gasteiger partial charge < -0.3 is 5.32 Å². The molecule has 0 fully saturated rings. The molecule has 3 heteroatoms. The lowest BCUT2D eigenvalue weighted by atomic mass is 10.1. The second-order valence-corrected chi connectivity index (χ2v) is 5.57. The number of fused-ring (bicyclic) bond motifs is 1. The second kappa shape index (κ2) is 4.52. The van der Waals surface area contributed by atoms with Gasteiger partial charge in [-0.05, 0) is 31.2 Å². The molecule has 0 aliphatic rings. The van der Waals surface area contributed by atoms with E-state index in [1.54, 1.807) is 0 Å². The third-order valence-corrected chi connectivity index (χ3v) is 3.90. The Balaban J connectivity index is 2.60. The van der Waals surface area contributed by atoms with Gasteiger partial charge in [0, 0.05) is 12.5 Å². The van der Waals surface area contributed by atoms with Crippen molar-refractivity contribution in [1.82, 2.24) is 10.3 Å². The lowest BCUT2D eigenvalue weighted by molar-refractivity contribution is 0.818. The van der Waals surface area contributed by atoms with Crippen molar-refractivity contribution in [2.24, 2.45) is 0 Å². The topological polar surface area (TPSA) is 24.9 Å². The first-order chi connectivity index (χ1) is 7.61. The van der Waals surface area contributed by atoms with Crippen LogP contribution in [0.5, 0.6) is 0 Å². The van der Waals surface area contributed by atoms with E-state index in [1.165, 1.54) is 26.4 Å². The number of hydrogen-bond acceptors (Lipinski definition) is 3. The fourth-order valence-electron chi connectivity index (χ4n) is 1.84. The Morgan fingerprint density at radius 2 is 2.12 bits per heavy atom. The average molecular weight is 234 g/mol. The van der Waals surface area contributed by atoms with Crippen LogP contribution < -0.4 is 5.32 Å². The average Bonchev–Trinajstić information content (AvgIpc) is 2.61. The molecule has 2 rings (SSSR count). The molecule has 1 aromatic carbocycles. The fourth-order valence-corrected chi connectivity index (χ4v) is 2.96. The summed E-state index contributed by atoms with van der Waals surface area (Å²) in [6.07, 6.45) is 0. The van der Waals surface area contributed by atoms with E-state index in [0.29, 0.717) is 5.92 Å². The highest BCUT2D eigenvalue weighted by Crippen LogP contribution is 2.30. The SMILES string of the molecule is CNCc1cc(C)cc2sc(C(C)C)nc12. The molecule has 0 atom stereocenters. The number of rotatable bonds is 3. The third kappa shape index (κ3) is 2.11. The maximum Gasteiger partial charge on any atom is 0.0964 e. The second-order valence-electron chi connectivity index (χ2n) is 4.51. The summed E-state index contributed by atoms with van der Waals surface area (Å²) in [6.45, 7) is 7.43. The van der Waals surface area contributed by atoms with Crippen molar-refractivity contribution in [3.05, 3.63) is 28.3 Å². The van der Waals surface area contributed by atoms with Gasteiger partial charge in [0.1, 0.15) is 0 Å². The van der Waals surface area contributed by atoms with Crippen LogP contribution in [0.1, 0.15) is 35.9 Å². The largest absolute Gasteiger partial charge is 0.316 e. The van der Waals surface area contributed by atoms with Crippen molar-refractivity contribution in [3.63, 3.8) is 0 Å². The van der Waals surface area contributed by atoms with Crippen LogP contribution in [0.4, 0.5) is 0 Å². The first-order valence-electron chi connectivity index (χ1n) is 5.66. The molecule has 0 spiro atoms. The normalized spacial score (nSPS) is 11.6. The van der Waals surface area contributed by atoms with Crippen molar-refractivity contribution < 1.29 is 0 Å². The molecule has 0 saturated heterocycles. The summed E-state index contributed by atoms with van der Waals surface area (Å²) in [4.78, 5) is 4.75. The Bertz CT molecular complexity index is 500. The quantitative estimate of drug-likeness (QED) is 0.880. The smallest absolute Gasteiger partial charge is 0.0964 e. The van der Waals surface area contributed by atoms with E-state index in [-0.39, 0.29) is 0 Å². The molecule has 1 aromatic heterocycles. The number of nitrogens with zero attached hydrogens (tertiary/aromatic N) is 1. The van der Waals surface area contributed by atoms with Crippen molar-refractivity contribution in [2.45, 2.75) is 33.2 Å². The molecule has 1 heterocycles. The van der Waals surface area contributed by atoms with Gasteiger partial charge in [-0.15, -0.1) is 11.3 Å². The molecule has 86 valence electrons. The van der Waals surface area contributed by atoms with Crippen molar-refractivity contribution in [3.8, 4) is 0 Å². The van der Waals surface area contributed by atoms with Crippen LogP contribution in [-0.2, 0) is 6.54 Å². The molecule has 2 aromatic rings. The van der Waals surface area contributed by atoms with Gasteiger partial charge >= 0.3 is 0 Å². The predicted molar refractivity (Wildman–Crippen MR) is 71.2 cm³/mol. The lowest BCUT2D eigenvalue weighted by Crippen LogP contribution is -2.05. The van der Waals surface area contributed by atoms with E-state index in [9.17, 15) is 0 Å². The monoisotopic (exact) mass is 234 g/mol. The number of hydrogen-bond donors (Lipinski definition) is 1. The van der Waals surface area contributed by atoms with Crippen LogP contribution in [0, 0.1) is 6.92 Å². The Kier molecular flexibility index (Phi) is 3.26. The number of nitrogens with one attached hydrogen (secondary N) is 1. The highest BCUT2D eigenvalue weighted by molar-refractivity contribution is 7.18. The van der Waals surface area contributed by atoms with Gasteiger partial charge in [0.2, 0.25) is 0 Å². The molecular weight excluding hydrogens is 216 g/mol. The zero-order valence-corrected chi connectivity index (χ0v) is 11.1. The minimum absolute atomic E-state index is 0.514. The summed E-state index contributed by atoms with van der Waals surface area (Å²) in [7, 11) is 1.98. The molecule has 0 amide bonds. The van der Waals surface area contributed by atoms with Crippen LogP contribution in [0.25, 0.3) is 10.2 Å². The third-order valence-electron chi connectivity index (χ3n) is 2.60. The molecule has 0 aliphatic heterocycles. The van der Waals surface area contributed by atoms with Crippen molar-refractivity contribution in [1.29, 1.82) is 0 Å². The van der Waals surface area contributed by atoms with Crippen LogP contribution in [0.15, 0.2) is 12.1 Å². The van der Waals surface area contributed by atoms with Gasteiger partial charge in [0.05, 0.1) is 15.2 Å². The molecule has 0 unspecified atom stereocenters. The fraction of sp³-hybridized carbons (Fsp3) is 0.462. The number of aryl methyl sites for hydroxylation is 1. The molecule has 2 nitrogen and oxygen atoms in total. The Labute approximate surface area is 101 Å². The van der Waals surface area contributed by atoms with E-state index >= 15 is 0 Å². The standard InChI is InChI=1S/C13H18N2S/c1-8(2)13-15-12-10(7-14-4)5-9(3)6-11(12)16-13/h5-6,8,14H,7H2,1-4H3. The maximum absolute atomic E-state index is 4.75.